The monoisotopic (exact) mass is 356 g/mol. The zero-order chi connectivity index (χ0) is 17.9. The molecule has 2 aromatic heterocycles. The van der Waals surface area contributed by atoms with Crippen molar-refractivity contribution in [2.45, 2.75) is 26.2 Å². The zero-order valence-electron chi connectivity index (χ0n) is 14.1. The summed E-state index contributed by atoms with van der Waals surface area (Å²) in [6.45, 7) is 3.03. The molecular weight excluding hydrogens is 338 g/mol. The number of hydrogen-bond donors (Lipinski definition) is 1. The van der Waals surface area contributed by atoms with Crippen LogP contribution in [0.1, 0.15) is 17.0 Å². The van der Waals surface area contributed by atoms with Crippen molar-refractivity contribution < 1.29 is 8.78 Å². The van der Waals surface area contributed by atoms with Gasteiger partial charge >= 0.3 is 0 Å². The number of rotatable bonds is 5. The summed E-state index contributed by atoms with van der Waals surface area (Å²) in [5.41, 5.74) is 2.34. The zero-order valence-corrected chi connectivity index (χ0v) is 14.1. The van der Waals surface area contributed by atoms with Crippen molar-refractivity contribution in [3.63, 3.8) is 0 Å². The Kier molecular flexibility index (Phi) is 4.57. The van der Waals surface area contributed by atoms with E-state index in [9.17, 15) is 8.78 Å². The SMILES string of the molecule is Fc1ccc(F)c(CN2CCn3nc(CNc4cnccn4)cc3C2)c1. The predicted octanol–water partition coefficient (Wildman–Crippen LogP) is 2.58. The summed E-state index contributed by atoms with van der Waals surface area (Å²) >= 11 is 0. The van der Waals surface area contributed by atoms with Crippen molar-refractivity contribution >= 4 is 5.82 Å². The van der Waals surface area contributed by atoms with Gasteiger partial charge in [0.05, 0.1) is 30.7 Å². The molecule has 8 heteroatoms. The van der Waals surface area contributed by atoms with E-state index in [1.54, 1.807) is 18.6 Å². The minimum Gasteiger partial charge on any atom is -0.363 e. The molecule has 0 spiro atoms. The van der Waals surface area contributed by atoms with Gasteiger partial charge in [0.15, 0.2) is 0 Å². The highest BCUT2D eigenvalue weighted by molar-refractivity contribution is 5.31. The maximum absolute atomic E-state index is 13.9. The van der Waals surface area contributed by atoms with Crippen molar-refractivity contribution in [2.24, 2.45) is 0 Å². The number of aromatic nitrogens is 4. The molecule has 1 N–H and O–H groups in total. The lowest BCUT2D eigenvalue weighted by atomic mass is 10.1. The molecule has 26 heavy (non-hydrogen) atoms. The van der Waals surface area contributed by atoms with Crippen LogP contribution in [0.2, 0.25) is 0 Å². The van der Waals surface area contributed by atoms with Gasteiger partial charge in [0, 0.05) is 37.6 Å². The van der Waals surface area contributed by atoms with Gasteiger partial charge in [0.25, 0.3) is 0 Å². The summed E-state index contributed by atoms with van der Waals surface area (Å²) in [4.78, 5) is 10.3. The molecule has 1 aliphatic heterocycles. The fourth-order valence-corrected chi connectivity index (χ4v) is 3.08. The summed E-state index contributed by atoms with van der Waals surface area (Å²) in [6.07, 6.45) is 4.91. The Morgan fingerprint density at radius 3 is 2.88 bits per heavy atom. The van der Waals surface area contributed by atoms with Crippen molar-refractivity contribution in [3.8, 4) is 0 Å². The smallest absolute Gasteiger partial charge is 0.144 e. The first-order chi connectivity index (χ1) is 12.7. The lowest BCUT2D eigenvalue weighted by molar-refractivity contribution is 0.202. The van der Waals surface area contributed by atoms with Crippen LogP contribution in [-0.4, -0.2) is 31.2 Å². The molecule has 0 aliphatic carbocycles. The maximum Gasteiger partial charge on any atom is 0.144 e. The molecule has 0 bridgehead atoms. The number of benzene rings is 1. The van der Waals surface area contributed by atoms with E-state index >= 15 is 0 Å². The van der Waals surface area contributed by atoms with Crippen LogP contribution in [0, 0.1) is 11.6 Å². The Morgan fingerprint density at radius 2 is 2.04 bits per heavy atom. The summed E-state index contributed by atoms with van der Waals surface area (Å²) < 4.78 is 29.2. The summed E-state index contributed by atoms with van der Waals surface area (Å²) in [5, 5.41) is 7.76. The number of halogens is 2. The van der Waals surface area contributed by atoms with E-state index in [0.29, 0.717) is 31.0 Å². The average Bonchev–Trinajstić information content (AvgIpc) is 3.06. The lowest BCUT2D eigenvalue weighted by Crippen LogP contribution is -2.33. The molecule has 3 aromatic rings. The second-order valence-electron chi connectivity index (χ2n) is 6.24. The lowest BCUT2D eigenvalue weighted by Gasteiger charge is -2.27. The first-order valence-electron chi connectivity index (χ1n) is 8.39. The minimum absolute atomic E-state index is 0.376. The predicted molar refractivity (Wildman–Crippen MR) is 92.1 cm³/mol. The summed E-state index contributed by atoms with van der Waals surface area (Å²) in [7, 11) is 0. The van der Waals surface area contributed by atoms with E-state index in [-0.39, 0.29) is 5.82 Å². The average molecular weight is 356 g/mol. The molecule has 6 nitrogen and oxygen atoms in total. The Labute approximate surface area is 149 Å². The van der Waals surface area contributed by atoms with E-state index in [2.05, 4.69) is 25.3 Å². The molecule has 4 rings (SSSR count). The van der Waals surface area contributed by atoms with Crippen LogP contribution in [-0.2, 0) is 26.2 Å². The van der Waals surface area contributed by atoms with Gasteiger partial charge < -0.3 is 5.32 Å². The summed E-state index contributed by atoms with van der Waals surface area (Å²) in [6, 6.07) is 5.60. The van der Waals surface area contributed by atoms with Crippen LogP contribution < -0.4 is 5.32 Å². The van der Waals surface area contributed by atoms with Crippen molar-refractivity contribution in [1.29, 1.82) is 0 Å². The highest BCUT2D eigenvalue weighted by Crippen LogP contribution is 2.19. The number of hydrogen-bond acceptors (Lipinski definition) is 5. The van der Waals surface area contributed by atoms with Crippen LogP contribution in [0.3, 0.4) is 0 Å². The van der Waals surface area contributed by atoms with Crippen LogP contribution in [0.4, 0.5) is 14.6 Å². The van der Waals surface area contributed by atoms with Gasteiger partial charge in [0.1, 0.15) is 17.5 Å². The van der Waals surface area contributed by atoms with Gasteiger partial charge in [-0.3, -0.25) is 14.6 Å². The van der Waals surface area contributed by atoms with E-state index in [4.69, 9.17) is 0 Å². The Bertz CT molecular complexity index is 896. The quantitative estimate of drug-likeness (QED) is 0.761. The standard InChI is InChI=1S/C18H18F2N6/c19-14-1-2-17(20)13(7-14)11-25-5-6-26-16(12-25)8-15(24-26)9-23-18-10-21-3-4-22-18/h1-4,7-8,10H,5-6,9,11-12H2,(H,22,23). The fourth-order valence-electron chi connectivity index (χ4n) is 3.08. The minimum atomic E-state index is -0.416. The van der Waals surface area contributed by atoms with Gasteiger partial charge in [-0.15, -0.1) is 0 Å². The van der Waals surface area contributed by atoms with Crippen molar-refractivity contribution in [3.05, 3.63) is 71.4 Å². The van der Waals surface area contributed by atoms with E-state index in [0.717, 1.165) is 30.5 Å². The molecule has 3 heterocycles. The molecule has 0 atom stereocenters. The Morgan fingerprint density at radius 1 is 1.12 bits per heavy atom. The third kappa shape index (κ3) is 3.70. The van der Waals surface area contributed by atoms with E-state index in [1.807, 2.05) is 10.7 Å². The number of anilines is 1. The topological polar surface area (TPSA) is 58.9 Å². The molecule has 0 amide bonds. The Balaban J connectivity index is 1.41. The highest BCUT2D eigenvalue weighted by Gasteiger charge is 2.19. The van der Waals surface area contributed by atoms with Gasteiger partial charge in [-0.25, -0.2) is 13.8 Å². The second kappa shape index (κ2) is 7.17. The Hall–Kier alpha value is -2.87. The molecule has 1 aliphatic rings. The van der Waals surface area contributed by atoms with Gasteiger partial charge in [0.2, 0.25) is 0 Å². The molecule has 0 fully saturated rings. The van der Waals surface area contributed by atoms with Gasteiger partial charge in [-0.2, -0.15) is 5.10 Å². The fraction of sp³-hybridized carbons (Fsp3) is 0.278. The van der Waals surface area contributed by atoms with E-state index in [1.165, 1.54) is 12.1 Å². The van der Waals surface area contributed by atoms with Crippen molar-refractivity contribution in [1.82, 2.24) is 24.6 Å². The number of fused-ring (bicyclic) bond motifs is 1. The third-order valence-corrected chi connectivity index (χ3v) is 4.34. The molecular formula is C18H18F2N6. The van der Waals surface area contributed by atoms with E-state index < -0.39 is 5.82 Å². The molecule has 0 saturated heterocycles. The molecule has 1 aromatic carbocycles. The van der Waals surface area contributed by atoms with Crippen LogP contribution in [0.25, 0.3) is 0 Å². The molecule has 0 unspecified atom stereocenters. The molecule has 134 valence electrons. The normalized spacial score (nSPS) is 14.2. The second-order valence-corrected chi connectivity index (χ2v) is 6.24. The first-order valence-corrected chi connectivity index (χ1v) is 8.39. The first kappa shape index (κ1) is 16.6. The largest absolute Gasteiger partial charge is 0.363 e. The third-order valence-electron chi connectivity index (χ3n) is 4.34. The molecule has 0 saturated carbocycles. The highest BCUT2D eigenvalue weighted by atomic mass is 19.1. The number of nitrogens with zero attached hydrogens (tertiary/aromatic N) is 5. The van der Waals surface area contributed by atoms with Crippen LogP contribution in [0.15, 0.2) is 42.9 Å². The number of nitrogens with one attached hydrogen (secondary N) is 1. The van der Waals surface area contributed by atoms with Crippen LogP contribution in [0.5, 0.6) is 0 Å². The molecule has 0 radical (unpaired) electrons. The van der Waals surface area contributed by atoms with Gasteiger partial charge in [-0.05, 0) is 24.3 Å². The maximum atomic E-state index is 13.9. The van der Waals surface area contributed by atoms with Crippen LogP contribution >= 0.6 is 0 Å². The van der Waals surface area contributed by atoms with Gasteiger partial charge in [-0.1, -0.05) is 0 Å². The summed E-state index contributed by atoms with van der Waals surface area (Å²) in [5.74, 6) is -0.0955. The van der Waals surface area contributed by atoms with Crippen molar-refractivity contribution in [2.75, 3.05) is 11.9 Å².